The van der Waals surface area contributed by atoms with E-state index in [0.29, 0.717) is 6.42 Å². The number of esters is 2. The van der Waals surface area contributed by atoms with Crippen LogP contribution < -0.4 is 0 Å². The second-order valence-corrected chi connectivity index (χ2v) is 15.6. The third-order valence-corrected chi connectivity index (χ3v) is 9.60. The Morgan fingerprint density at radius 1 is 0.603 bits per heavy atom. The number of allylic oxidation sites excluding steroid dienone is 13. The molecule has 332 valence electrons. The Balaban J connectivity index is 4.56. The van der Waals surface area contributed by atoms with Gasteiger partial charge in [-0.25, -0.2) is 4.57 Å². The molecule has 0 aromatic rings. The number of carbonyl (C=O) groups is 2. The van der Waals surface area contributed by atoms with Crippen molar-refractivity contribution in [1.29, 1.82) is 0 Å². The van der Waals surface area contributed by atoms with Crippen LogP contribution in [0.25, 0.3) is 0 Å². The van der Waals surface area contributed by atoms with Crippen molar-refractivity contribution in [3.8, 4) is 0 Å². The highest BCUT2D eigenvalue weighted by Gasteiger charge is 2.27. The summed E-state index contributed by atoms with van der Waals surface area (Å²) in [4.78, 5) is 35.0. The van der Waals surface area contributed by atoms with Gasteiger partial charge in [0.25, 0.3) is 0 Å². The quantitative estimate of drug-likeness (QED) is 0.0153. The summed E-state index contributed by atoms with van der Waals surface area (Å²) in [6.07, 6.45) is 44.5. The van der Waals surface area contributed by atoms with Gasteiger partial charge in [-0.2, -0.15) is 0 Å². The van der Waals surface area contributed by atoms with Crippen LogP contribution in [0.2, 0.25) is 0 Å². The number of unbranched alkanes of at least 4 members (excludes halogenated alkanes) is 11. The molecule has 0 radical (unpaired) electrons. The summed E-state index contributed by atoms with van der Waals surface area (Å²) >= 11 is 0. The van der Waals surface area contributed by atoms with E-state index in [9.17, 15) is 29.3 Å². The van der Waals surface area contributed by atoms with Gasteiger partial charge in [-0.1, -0.05) is 150 Å². The lowest BCUT2D eigenvalue weighted by molar-refractivity contribution is -0.161. The SMILES string of the molecule is CC/C=C\C/C=C\C/C=C\C/C=C\C/C=C\C=C/C(O)CCC(=O)OC[C@H](COP(=O)(O)OC[C@@H](O)CO)OC(=O)CCCCCCC/C=C\CCCCCCCC. The summed E-state index contributed by atoms with van der Waals surface area (Å²) in [5, 5.41) is 28.6. The van der Waals surface area contributed by atoms with E-state index in [1.54, 1.807) is 12.2 Å². The molecule has 0 amide bonds. The first kappa shape index (κ1) is 55.1. The maximum absolute atomic E-state index is 12.6. The lowest BCUT2D eigenvalue weighted by atomic mass is 10.1. The van der Waals surface area contributed by atoms with Gasteiger partial charge < -0.3 is 29.7 Å². The summed E-state index contributed by atoms with van der Waals surface area (Å²) in [7, 11) is -4.68. The third-order valence-electron chi connectivity index (χ3n) is 8.65. The molecule has 0 aliphatic carbocycles. The van der Waals surface area contributed by atoms with Gasteiger partial charge in [-0.3, -0.25) is 18.6 Å². The minimum Gasteiger partial charge on any atom is -0.462 e. The van der Waals surface area contributed by atoms with E-state index in [-0.39, 0.29) is 19.3 Å². The first-order valence-corrected chi connectivity index (χ1v) is 23.1. The zero-order valence-electron chi connectivity index (χ0n) is 35.6. The topological polar surface area (TPSA) is 169 Å². The molecule has 12 heteroatoms. The van der Waals surface area contributed by atoms with Crippen LogP contribution in [0.1, 0.15) is 149 Å². The van der Waals surface area contributed by atoms with Crippen molar-refractivity contribution in [3.63, 3.8) is 0 Å². The Labute approximate surface area is 350 Å². The molecular formula is C46H77O11P. The molecule has 0 heterocycles. The predicted octanol–water partition coefficient (Wildman–Crippen LogP) is 10.4. The maximum atomic E-state index is 12.6. The van der Waals surface area contributed by atoms with Crippen LogP contribution in [0, 0.1) is 0 Å². The molecule has 11 nitrogen and oxygen atoms in total. The standard InChI is InChI=1S/C46H77O11P/c1-3-5-7-9-11-13-15-17-19-21-22-24-26-28-30-32-34-42(48)36-37-45(50)54-40-44(41-56-58(52,53)55-39-43(49)38-47)57-46(51)35-33-31-29-27-25-23-20-18-16-14-12-10-8-6-4-2/h5,7,11,13,17-20,22,24,28,30,32,34,42-44,47-49H,3-4,6,8-10,12,14-16,21,23,25-27,29,31,33,35-41H2,1-2H3,(H,52,53)/b7-5-,13-11-,19-17-,20-18-,24-22-,30-28-,34-32-/t42?,43-,44+/m0/s1. The highest BCUT2D eigenvalue weighted by Crippen LogP contribution is 2.43. The number of hydrogen-bond acceptors (Lipinski definition) is 10. The number of aliphatic hydroxyl groups is 3. The number of ether oxygens (including phenoxy) is 2. The molecule has 58 heavy (non-hydrogen) atoms. The average molecular weight is 837 g/mol. The lowest BCUT2D eigenvalue weighted by Crippen LogP contribution is -2.30. The monoisotopic (exact) mass is 837 g/mol. The summed E-state index contributed by atoms with van der Waals surface area (Å²) in [5.74, 6) is -1.22. The molecule has 0 saturated heterocycles. The van der Waals surface area contributed by atoms with Crippen LogP contribution in [-0.4, -0.2) is 76.9 Å². The predicted molar refractivity (Wildman–Crippen MR) is 234 cm³/mol. The maximum Gasteiger partial charge on any atom is 0.472 e. The van der Waals surface area contributed by atoms with Crippen LogP contribution in [0.4, 0.5) is 0 Å². The van der Waals surface area contributed by atoms with E-state index in [4.69, 9.17) is 19.1 Å². The normalized spacial score (nSPS) is 15.2. The van der Waals surface area contributed by atoms with E-state index in [2.05, 4.69) is 79.1 Å². The Morgan fingerprint density at radius 2 is 1.14 bits per heavy atom. The van der Waals surface area contributed by atoms with Crippen LogP contribution in [0.3, 0.4) is 0 Å². The Hall–Kier alpha value is -2.89. The number of phosphoric acid groups is 1. The summed E-state index contributed by atoms with van der Waals surface area (Å²) in [6, 6.07) is 0. The molecule has 0 aromatic carbocycles. The fourth-order valence-electron chi connectivity index (χ4n) is 5.27. The molecule has 4 N–H and O–H groups in total. The van der Waals surface area contributed by atoms with Crippen LogP contribution in [0.15, 0.2) is 85.1 Å². The highest BCUT2D eigenvalue weighted by molar-refractivity contribution is 7.47. The lowest BCUT2D eigenvalue weighted by Gasteiger charge is -2.20. The van der Waals surface area contributed by atoms with Crippen molar-refractivity contribution >= 4 is 19.8 Å². The average Bonchev–Trinajstić information content (AvgIpc) is 3.21. The van der Waals surface area contributed by atoms with Crippen molar-refractivity contribution in [2.24, 2.45) is 0 Å². The molecule has 0 aliphatic heterocycles. The second-order valence-electron chi connectivity index (χ2n) is 14.2. The van der Waals surface area contributed by atoms with E-state index in [1.807, 2.05) is 12.2 Å². The van der Waals surface area contributed by atoms with Gasteiger partial charge in [0.05, 0.1) is 25.9 Å². The number of aliphatic hydroxyl groups excluding tert-OH is 3. The van der Waals surface area contributed by atoms with Crippen molar-refractivity contribution < 1.29 is 52.9 Å². The van der Waals surface area contributed by atoms with Crippen molar-refractivity contribution in [2.45, 2.75) is 167 Å². The van der Waals surface area contributed by atoms with Crippen molar-refractivity contribution in [1.82, 2.24) is 0 Å². The van der Waals surface area contributed by atoms with Gasteiger partial charge in [0, 0.05) is 12.8 Å². The molecule has 0 rings (SSSR count). The van der Waals surface area contributed by atoms with Crippen molar-refractivity contribution in [2.75, 3.05) is 26.4 Å². The molecule has 0 bridgehead atoms. The van der Waals surface area contributed by atoms with Gasteiger partial charge in [-0.15, -0.1) is 0 Å². The Kier molecular flexibility index (Phi) is 38.8. The Bertz CT molecular complexity index is 1250. The molecule has 0 aliphatic rings. The fourth-order valence-corrected chi connectivity index (χ4v) is 6.06. The first-order chi connectivity index (χ1) is 28.1. The molecule has 0 fully saturated rings. The second kappa shape index (κ2) is 40.9. The van der Waals surface area contributed by atoms with E-state index >= 15 is 0 Å². The van der Waals surface area contributed by atoms with Gasteiger partial charge in [0.2, 0.25) is 0 Å². The molecule has 4 atom stereocenters. The van der Waals surface area contributed by atoms with Gasteiger partial charge in [0.1, 0.15) is 12.7 Å². The van der Waals surface area contributed by atoms with Gasteiger partial charge >= 0.3 is 19.8 Å². The number of hydrogen-bond donors (Lipinski definition) is 4. The zero-order valence-corrected chi connectivity index (χ0v) is 36.5. The zero-order chi connectivity index (χ0) is 42.8. The number of rotatable bonds is 39. The van der Waals surface area contributed by atoms with Crippen molar-refractivity contribution in [3.05, 3.63) is 85.1 Å². The number of phosphoric ester groups is 1. The Morgan fingerprint density at radius 3 is 1.72 bits per heavy atom. The third kappa shape index (κ3) is 39.9. The van der Waals surface area contributed by atoms with Crippen LogP contribution >= 0.6 is 7.82 Å². The van der Waals surface area contributed by atoms with E-state index < -0.39 is 64.5 Å². The summed E-state index contributed by atoms with van der Waals surface area (Å²) < 4.78 is 32.5. The van der Waals surface area contributed by atoms with Crippen LogP contribution in [-0.2, 0) is 32.7 Å². The summed E-state index contributed by atoms with van der Waals surface area (Å²) in [5.41, 5.74) is 0. The van der Waals surface area contributed by atoms with Gasteiger partial charge in [-0.05, 0) is 70.6 Å². The fraction of sp³-hybridized carbons (Fsp3) is 0.652. The summed E-state index contributed by atoms with van der Waals surface area (Å²) in [6.45, 7) is 1.96. The highest BCUT2D eigenvalue weighted by atomic mass is 31.2. The first-order valence-electron chi connectivity index (χ1n) is 21.7. The molecular weight excluding hydrogens is 759 g/mol. The van der Waals surface area contributed by atoms with Gasteiger partial charge in [0.15, 0.2) is 6.10 Å². The minimum absolute atomic E-state index is 0.101. The molecule has 0 saturated carbocycles. The van der Waals surface area contributed by atoms with Crippen LogP contribution in [0.5, 0.6) is 0 Å². The smallest absolute Gasteiger partial charge is 0.462 e. The van der Waals surface area contributed by atoms with E-state index in [0.717, 1.165) is 70.6 Å². The number of carbonyl (C=O) groups excluding carboxylic acids is 2. The molecule has 0 aromatic heterocycles. The molecule has 2 unspecified atom stereocenters. The molecule has 0 spiro atoms. The van der Waals surface area contributed by atoms with E-state index in [1.165, 1.54) is 38.5 Å². The minimum atomic E-state index is -4.68. The largest absolute Gasteiger partial charge is 0.472 e.